The summed E-state index contributed by atoms with van der Waals surface area (Å²) in [6.45, 7) is 2.40. The molecule has 2 aromatic rings. The third-order valence-electron chi connectivity index (χ3n) is 2.52. The van der Waals surface area contributed by atoms with Crippen LogP contribution in [-0.4, -0.2) is 9.67 Å². The van der Waals surface area contributed by atoms with Gasteiger partial charge < -0.3 is 9.67 Å². The molecule has 86 valence electrons. The Labute approximate surface area is 102 Å². The molecule has 1 unspecified atom stereocenters. The molecule has 2 nitrogen and oxygen atoms in total. The fraction of sp³-hybridized carbons (Fsp3) is 0.200. The van der Waals surface area contributed by atoms with Crippen LogP contribution in [0.25, 0.3) is 0 Å². The van der Waals surface area contributed by atoms with Gasteiger partial charge in [-0.1, -0.05) is 30.0 Å². The van der Waals surface area contributed by atoms with Gasteiger partial charge in [0.2, 0.25) is 0 Å². The predicted octanol–water partition coefficient (Wildman–Crippen LogP) is 2.59. The molecule has 0 aliphatic heterocycles. The van der Waals surface area contributed by atoms with Gasteiger partial charge in [-0.05, 0) is 30.7 Å². The Morgan fingerprint density at radius 1 is 1.24 bits per heavy atom. The van der Waals surface area contributed by atoms with Gasteiger partial charge in [-0.15, -0.1) is 0 Å². The zero-order valence-corrected chi connectivity index (χ0v) is 9.80. The number of rotatable bonds is 2. The first kappa shape index (κ1) is 11.5. The van der Waals surface area contributed by atoms with Crippen molar-refractivity contribution in [2.24, 2.45) is 0 Å². The van der Waals surface area contributed by atoms with Gasteiger partial charge in [0.15, 0.2) is 0 Å². The highest BCUT2D eigenvalue weighted by atomic mass is 16.3. The van der Waals surface area contributed by atoms with Crippen LogP contribution in [0, 0.1) is 11.8 Å². The van der Waals surface area contributed by atoms with Crippen LogP contribution in [0.5, 0.6) is 0 Å². The molecular formula is C15H15NO. The van der Waals surface area contributed by atoms with Crippen LogP contribution in [0.2, 0.25) is 0 Å². The van der Waals surface area contributed by atoms with Gasteiger partial charge >= 0.3 is 0 Å². The Kier molecular flexibility index (Phi) is 3.64. The van der Waals surface area contributed by atoms with Crippen LogP contribution >= 0.6 is 0 Å². The minimum Gasteiger partial charge on any atom is -0.389 e. The number of hydrogen-bond donors (Lipinski definition) is 1. The number of nitrogens with zero attached hydrogens (tertiary/aromatic N) is 1. The fourth-order valence-corrected chi connectivity index (χ4v) is 1.56. The second kappa shape index (κ2) is 5.38. The van der Waals surface area contributed by atoms with Crippen LogP contribution in [-0.2, 0) is 6.54 Å². The molecule has 0 fully saturated rings. The lowest BCUT2D eigenvalue weighted by atomic mass is 10.2. The Hall–Kier alpha value is -1.98. The smallest absolute Gasteiger partial charge is 0.0835 e. The lowest BCUT2D eigenvalue weighted by molar-refractivity contribution is 0.199. The Balaban J connectivity index is 2.00. The Bertz CT molecular complexity index is 529. The summed E-state index contributed by atoms with van der Waals surface area (Å²) in [5, 5.41) is 9.39. The van der Waals surface area contributed by atoms with Crippen molar-refractivity contribution in [2.45, 2.75) is 19.6 Å². The van der Waals surface area contributed by atoms with Gasteiger partial charge in [0.1, 0.15) is 0 Å². The third kappa shape index (κ3) is 3.24. The van der Waals surface area contributed by atoms with E-state index >= 15 is 0 Å². The van der Waals surface area contributed by atoms with Gasteiger partial charge in [0.25, 0.3) is 0 Å². The molecular weight excluding hydrogens is 210 g/mol. The number of aromatic nitrogens is 1. The molecule has 0 saturated carbocycles. The lowest BCUT2D eigenvalue weighted by Gasteiger charge is -1.98. The van der Waals surface area contributed by atoms with E-state index in [-0.39, 0.29) is 0 Å². The summed E-state index contributed by atoms with van der Waals surface area (Å²) < 4.78 is 1.97. The quantitative estimate of drug-likeness (QED) is 0.781. The van der Waals surface area contributed by atoms with Crippen LogP contribution in [0.3, 0.4) is 0 Å². The first-order chi connectivity index (χ1) is 8.25. The van der Waals surface area contributed by atoms with E-state index in [0.717, 1.165) is 11.1 Å². The molecule has 2 heteroatoms. The van der Waals surface area contributed by atoms with Gasteiger partial charge in [-0.3, -0.25) is 0 Å². The molecule has 0 radical (unpaired) electrons. The summed E-state index contributed by atoms with van der Waals surface area (Å²) in [7, 11) is 0. The molecule has 2 rings (SSSR count). The summed E-state index contributed by atoms with van der Waals surface area (Å²) in [5.41, 5.74) is 1.95. The highest BCUT2D eigenvalue weighted by Gasteiger charge is 2.01. The van der Waals surface area contributed by atoms with E-state index < -0.39 is 6.10 Å². The molecule has 1 atom stereocenters. The Morgan fingerprint density at radius 3 is 2.65 bits per heavy atom. The van der Waals surface area contributed by atoms with Crippen molar-refractivity contribution in [1.82, 2.24) is 4.57 Å². The Morgan fingerprint density at radius 2 is 2.00 bits per heavy atom. The maximum atomic E-state index is 9.39. The molecule has 0 bridgehead atoms. The maximum absolute atomic E-state index is 9.39. The minimum absolute atomic E-state index is 0.418. The summed E-state index contributed by atoms with van der Waals surface area (Å²) in [5.74, 6) is 6.20. The molecule has 1 aromatic carbocycles. The monoisotopic (exact) mass is 225 g/mol. The normalized spacial score (nSPS) is 11.6. The first-order valence-electron chi connectivity index (χ1n) is 5.63. The summed E-state index contributed by atoms with van der Waals surface area (Å²) >= 11 is 0. The van der Waals surface area contributed by atoms with E-state index in [1.54, 1.807) is 6.92 Å². The third-order valence-corrected chi connectivity index (χ3v) is 2.52. The van der Waals surface area contributed by atoms with Crippen molar-refractivity contribution < 1.29 is 5.11 Å². The van der Waals surface area contributed by atoms with Crippen molar-refractivity contribution in [3.63, 3.8) is 0 Å². The minimum atomic E-state index is -0.418. The van der Waals surface area contributed by atoms with Gasteiger partial charge in [0.05, 0.1) is 12.6 Å². The number of aliphatic hydroxyl groups excluding tert-OH is 1. The average molecular weight is 225 g/mol. The largest absolute Gasteiger partial charge is 0.389 e. The van der Waals surface area contributed by atoms with Gasteiger partial charge in [0, 0.05) is 18.0 Å². The zero-order valence-electron chi connectivity index (χ0n) is 9.80. The van der Waals surface area contributed by atoms with E-state index in [2.05, 4.69) is 11.8 Å². The zero-order chi connectivity index (χ0) is 12.1. The van der Waals surface area contributed by atoms with Crippen molar-refractivity contribution in [3.8, 4) is 11.8 Å². The van der Waals surface area contributed by atoms with Gasteiger partial charge in [-0.25, -0.2) is 0 Å². The topological polar surface area (TPSA) is 25.2 Å². The van der Waals surface area contributed by atoms with E-state index in [1.165, 1.54) is 0 Å². The van der Waals surface area contributed by atoms with Crippen molar-refractivity contribution >= 4 is 0 Å². The molecule has 0 saturated heterocycles. The van der Waals surface area contributed by atoms with Crippen LogP contribution in [0.1, 0.15) is 24.2 Å². The summed E-state index contributed by atoms with van der Waals surface area (Å²) in [6, 6.07) is 11.8. The van der Waals surface area contributed by atoms with E-state index in [9.17, 15) is 5.11 Å². The van der Waals surface area contributed by atoms with Crippen molar-refractivity contribution in [1.29, 1.82) is 0 Å². The van der Waals surface area contributed by atoms with Crippen molar-refractivity contribution in [3.05, 3.63) is 59.9 Å². The summed E-state index contributed by atoms with van der Waals surface area (Å²) in [4.78, 5) is 0. The van der Waals surface area contributed by atoms with Crippen LogP contribution < -0.4 is 0 Å². The molecule has 1 aromatic heterocycles. The highest BCUT2D eigenvalue weighted by Crippen LogP contribution is 2.11. The van der Waals surface area contributed by atoms with Crippen molar-refractivity contribution in [2.75, 3.05) is 0 Å². The molecule has 0 spiro atoms. The second-order valence-corrected chi connectivity index (χ2v) is 3.96. The first-order valence-corrected chi connectivity index (χ1v) is 5.63. The molecule has 0 aliphatic rings. The molecule has 17 heavy (non-hydrogen) atoms. The lowest BCUT2D eigenvalue weighted by Crippen LogP contribution is -1.92. The highest BCUT2D eigenvalue weighted by molar-refractivity contribution is 5.33. The predicted molar refractivity (Wildman–Crippen MR) is 68.4 cm³/mol. The number of aliphatic hydroxyl groups is 1. The van der Waals surface area contributed by atoms with Crippen LogP contribution in [0.4, 0.5) is 0 Å². The number of hydrogen-bond acceptors (Lipinski definition) is 1. The maximum Gasteiger partial charge on any atom is 0.0835 e. The molecule has 0 aliphatic carbocycles. The fourth-order valence-electron chi connectivity index (χ4n) is 1.56. The van der Waals surface area contributed by atoms with E-state index in [1.807, 2.05) is 53.4 Å². The summed E-state index contributed by atoms with van der Waals surface area (Å²) in [6.07, 6.45) is 3.44. The van der Waals surface area contributed by atoms with Crippen LogP contribution in [0.15, 0.2) is 48.8 Å². The standard InChI is InChI=1S/C15H15NO/c1-13(17)15-9-11-16(12-15)10-5-8-14-6-3-2-4-7-14/h2-4,6-7,9,11-13,17H,10H2,1H3. The van der Waals surface area contributed by atoms with E-state index in [0.29, 0.717) is 6.54 Å². The number of benzene rings is 1. The van der Waals surface area contributed by atoms with E-state index in [4.69, 9.17) is 0 Å². The van der Waals surface area contributed by atoms with Gasteiger partial charge in [-0.2, -0.15) is 0 Å². The molecule has 0 amide bonds. The average Bonchev–Trinajstić information content (AvgIpc) is 2.79. The molecule has 1 N–H and O–H groups in total. The molecule has 1 heterocycles. The second-order valence-electron chi connectivity index (χ2n) is 3.96. The SMILES string of the molecule is CC(O)c1ccn(CC#Cc2ccccc2)c1.